The first-order chi connectivity index (χ1) is 6.63. The minimum absolute atomic E-state index is 0.534. The summed E-state index contributed by atoms with van der Waals surface area (Å²) in [6.45, 7) is 2.58. The van der Waals surface area contributed by atoms with Gasteiger partial charge >= 0.3 is 0 Å². The molecule has 1 N–H and O–H groups in total. The van der Waals surface area contributed by atoms with E-state index in [0.717, 1.165) is 10.2 Å². The van der Waals surface area contributed by atoms with E-state index >= 15 is 0 Å². The van der Waals surface area contributed by atoms with Crippen molar-refractivity contribution >= 4 is 44.8 Å². The normalized spacial score (nSPS) is 11.6. The van der Waals surface area contributed by atoms with Gasteiger partial charge < -0.3 is 5.32 Å². The Kier molecular flexibility index (Phi) is 4.79. The van der Waals surface area contributed by atoms with Crippen LogP contribution < -0.4 is 5.32 Å². The fourth-order valence-electron chi connectivity index (χ4n) is 0.982. The van der Waals surface area contributed by atoms with Crippen molar-refractivity contribution in [2.75, 3.05) is 11.9 Å². The third kappa shape index (κ3) is 3.52. The Morgan fingerprint density at radius 2 is 2.29 bits per heavy atom. The number of benzene rings is 1. The molecule has 76 valence electrons. The second kappa shape index (κ2) is 5.64. The van der Waals surface area contributed by atoms with Gasteiger partial charge in [0.05, 0.1) is 6.54 Å². The largest absolute Gasteiger partial charge is 0.379 e. The Morgan fingerprint density at radius 3 is 2.86 bits per heavy atom. The summed E-state index contributed by atoms with van der Waals surface area (Å²) in [7, 11) is 0. The van der Waals surface area contributed by atoms with Crippen molar-refractivity contribution in [1.29, 1.82) is 0 Å². The maximum absolute atomic E-state index is 5.75. The first-order valence-corrected chi connectivity index (χ1v) is 5.69. The topological polar surface area (TPSA) is 12.0 Å². The van der Waals surface area contributed by atoms with Crippen molar-refractivity contribution in [1.82, 2.24) is 0 Å². The smallest absolute Gasteiger partial charge is 0.0517 e. The van der Waals surface area contributed by atoms with Gasteiger partial charge in [-0.25, -0.2) is 0 Å². The van der Waals surface area contributed by atoms with E-state index in [-0.39, 0.29) is 0 Å². The van der Waals surface area contributed by atoms with Crippen molar-refractivity contribution in [3.05, 3.63) is 38.8 Å². The maximum Gasteiger partial charge on any atom is 0.0517 e. The Bertz CT molecular complexity index is 350. The number of aryl methyl sites for hydroxylation is 1. The van der Waals surface area contributed by atoms with Crippen molar-refractivity contribution in [2.45, 2.75) is 6.92 Å². The van der Waals surface area contributed by atoms with Crippen LogP contribution in [0.4, 0.5) is 5.69 Å². The van der Waals surface area contributed by atoms with Crippen molar-refractivity contribution in [3.8, 4) is 0 Å². The fraction of sp³-hybridized carbons (Fsp3) is 0.200. The zero-order chi connectivity index (χ0) is 10.6. The Labute approximate surface area is 102 Å². The fourth-order valence-corrected chi connectivity index (χ4v) is 1.76. The molecule has 0 unspecified atom stereocenters. The lowest BCUT2D eigenvalue weighted by atomic mass is 10.2. The summed E-state index contributed by atoms with van der Waals surface area (Å²) in [6, 6.07) is 6.07. The van der Waals surface area contributed by atoms with Gasteiger partial charge in [0, 0.05) is 20.7 Å². The minimum Gasteiger partial charge on any atom is -0.379 e. The first-order valence-electron chi connectivity index (χ1n) is 4.08. The Hall–Kier alpha value is -0.180. The van der Waals surface area contributed by atoms with Crippen LogP contribution in [0.25, 0.3) is 0 Å². The van der Waals surface area contributed by atoms with Gasteiger partial charge in [-0.15, -0.1) is 0 Å². The average molecular weight is 295 g/mol. The third-order valence-corrected chi connectivity index (χ3v) is 2.96. The predicted molar refractivity (Wildman–Crippen MR) is 67.2 cm³/mol. The summed E-state index contributed by atoms with van der Waals surface area (Å²) in [5.41, 5.74) is 3.57. The molecule has 0 heterocycles. The molecule has 0 saturated heterocycles. The lowest BCUT2D eigenvalue weighted by molar-refractivity contribution is 1.29. The van der Waals surface area contributed by atoms with E-state index in [1.807, 2.05) is 25.1 Å². The molecule has 0 aliphatic carbocycles. The average Bonchev–Trinajstić information content (AvgIpc) is 2.16. The number of halogens is 3. The highest BCUT2D eigenvalue weighted by Gasteiger charge is 1.99. The molecule has 0 atom stereocenters. The molecule has 0 fully saturated rings. The number of anilines is 1. The summed E-state index contributed by atoms with van der Waals surface area (Å²) in [5, 5.41) is 3.74. The van der Waals surface area contributed by atoms with Crippen molar-refractivity contribution in [2.24, 2.45) is 0 Å². The molecule has 0 spiro atoms. The van der Waals surface area contributed by atoms with Crippen molar-refractivity contribution < 1.29 is 0 Å². The van der Waals surface area contributed by atoms with Crippen LogP contribution in [0.3, 0.4) is 0 Å². The van der Waals surface area contributed by atoms with E-state index in [1.165, 1.54) is 11.1 Å². The van der Waals surface area contributed by atoms with Crippen LogP contribution in [-0.4, -0.2) is 6.54 Å². The molecule has 1 aromatic carbocycles. The molecule has 0 aromatic heterocycles. The van der Waals surface area contributed by atoms with Crippen LogP contribution in [0, 0.1) is 6.92 Å². The third-order valence-electron chi connectivity index (χ3n) is 1.69. The highest BCUT2D eigenvalue weighted by atomic mass is 79.9. The molecule has 0 aliphatic rings. The van der Waals surface area contributed by atoms with E-state index in [9.17, 15) is 0 Å². The zero-order valence-corrected chi connectivity index (χ0v) is 10.7. The van der Waals surface area contributed by atoms with Crippen LogP contribution >= 0.6 is 39.1 Å². The molecule has 0 amide bonds. The maximum atomic E-state index is 5.75. The lowest BCUT2D eigenvalue weighted by Crippen LogP contribution is -2.01. The summed E-state index contributed by atoms with van der Waals surface area (Å²) in [5.74, 6) is 0. The molecule has 0 bridgehead atoms. The Balaban J connectivity index is 2.68. The molecule has 1 aromatic rings. The van der Waals surface area contributed by atoms with Crippen molar-refractivity contribution in [3.63, 3.8) is 0 Å². The van der Waals surface area contributed by atoms with Gasteiger partial charge in [-0.05, 0) is 40.5 Å². The standard InChI is InChI=1S/C10H10BrCl2N/c1-7-2-3-10(9(11)4-7)14-6-8(13)5-12/h2-5,14H,6H2,1H3. The van der Waals surface area contributed by atoms with Crippen LogP contribution in [-0.2, 0) is 0 Å². The number of hydrogen-bond donors (Lipinski definition) is 1. The molecule has 0 radical (unpaired) electrons. The molecule has 1 nitrogen and oxygen atoms in total. The molecule has 14 heavy (non-hydrogen) atoms. The van der Waals surface area contributed by atoms with Crippen LogP contribution in [0.2, 0.25) is 0 Å². The second-order valence-electron chi connectivity index (χ2n) is 2.89. The van der Waals surface area contributed by atoms with E-state index in [4.69, 9.17) is 23.2 Å². The van der Waals surface area contributed by atoms with Crippen LogP contribution in [0.1, 0.15) is 5.56 Å². The molecule has 1 rings (SSSR count). The first kappa shape index (κ1) is 11.9. The highest BCUT2D eigenvalue weighted by Crippen LogP contribution is 2.23. The quantitative estimate of drug-likeness (QED) is 0.866. The summed E-state index contributed by atoms with van der Waals surface area (Å²) >= 11 is 14.6. The minimum atomic E-state index is 0.534. The summed E-state index contributed by atoms with van der Waals surface area (Å²) in [4.78, 5) is 0. The second-order valence-corrected chi connectivity index (χ2v) is 4.45. The Morgan fingerprint density at radius 1 is 1.57 bits per heavy atom. The van der Waals surface area contributed by atoms with E-state index in [1.54, 1.807) is 0 Å². The molecular weight excluding hydrogens is 285 g/mol. The molecule has 0 aliphatic heterocycles. The monoisotopic (exact) mass is 293 g/mol. The van der Waals surface area contributed by atoms with Crippen LogP contribution in [0.5, 0.6) is 0 Å². The van der Waals surface area contributed by atoms with Crippen LogP contribution in [0.15, 0.2) is 33.2 Å². The van der Waals surface area contributed by atoms with Gasteiger partial charge in [0.2, 0.25) is 0 Å². The highest BCUT2D eigenvalue weighted by molar-refractivity contribution is 9.10. The predicted octanol–water partition coefficient (Wildman–Crippen LogP) is 4.49. The number of nitrogens with one attached hydrogen (secondary N) is 1. The van der Waals surface area contributed by atoms with E-state index in [2.05, 4.69) is 21.2 Å². The number of hydrogen-bond acceptors (Lipinski definition) is 1. The van der Waals surface area contributed by atoms with E-state index in [0.29, 0.717) is 11.6 Å². The zero-order valence-electron chi connectivity index (χ0n) is 7.65. The molecular formula is C10H10BrCl2N. The number of rotatable bonds is 3. The molecule has 4 heteroatoms. The van der Waals surface area contributed by atoms with E-state index < -0.39 is 0 Å². The van der Waals surface area contributed by atoms with Gasteiger partial charge in [-0.3, -0.25) is 0 Å². The van der Waals surface area contributed by atoms with Gasteiger partial charge in [-0.1, -0.05) is 29.3 Å². The van der Waals surface area contributed by atoms with Gasteiger partial charge in [-0.2, -0.15) is 0 Å². The molecule has 0 saturated carbocycles. The lowest BCUT2D eigenvalue weighted by Gasteiger charge is -2.07. The van der Waals surface area contributed by atoms with Gasteiger partial charge in [0.15, 0.2) is 0 Å². The summed E-state index contributed by atoms with van der Waals surface area (Å²) < 4.78 is 1.02. The summed E-state index contributed by atoms with van der Waals surface area (Å²) in [6.07, 6.45) is 0. The van der Waals surface area contributed by atoms with Gasteiger partial charge in [0.1, 0.15) is 0 Å². The van der Waals surface area contributed by atoms with Gasteiger partial charge in [0.25, 0.3) is 0 Å². The SMILES string of the molecule is Cc1ccc(NCC(Cl)=CCl)c(Br)c1.